The number of aryl methyl sites for hydroxylation is 1. The van der Waals surface area contributed by atoms with Crippen molar-refractivity contribution in [1.82, 2.24) is 9.97 Å². The van der Waals surface area contributed by atoms with Crippen LogP contribution in [0.2, 0.25) is 0 Å². The zero-order chi connectivity index (χ0) is 12.5. The molecule has 0 saturated heterocycles. The number of nitrogens with zero attached hydrogens (tertiary/aromatic N) is 3. The van der Waals surface area contributed by atoms with Gasteiger partial charge in [0.15, 0.2) is 0 Å². The molecule has 0 aliphatic heterocycles. The summed E-state index contributed by atoms with van der Waals surface area (Å²) in [5.41, 5.74) is 8.56. The average molecular weight is 246 g/mol. The summed E-state index contributed by atoms with van der Waals surface area (Å²) in [7, 11) is 2.15. The minimum atomic E-state index is 0.450. The summed E-state index contributed by atoms with van der Waals surface area (Å²) in [6, 6.07) is 0.450. The molecular weight excluding hydrogens is 224 g/mol. The number of anilines is 1. The second kappa shape index (κ2) is 4.84. The Kier molecular flexibility index (Phi) is 3.20. The summed E-state index contributed by atoms with van der Waals surface area (Å²) in [5, 5.41) is 0. The Bertz CT molecular complexity index is 428. The number of fused-ring (bicyclic) bond motifs is 1. The van der Waals surface area contributed by atoms with Crippen LogP contribution < -0.4 is 10.6 Å². The molecule has 18 heavy (non-hydrogen) atoms. The maximum absolute atomic E-state index is 5.94. The maximum atomic E-state index is 5.94. The summed E-state index contributed by atoms with van der Waals surface area (Å²) in [6.45, 7) is 0.722. The Morgan fingerprint density at radius 1 is 1.33 bits per heavy atom. The number of rotatable bonds is 4. The van der Waals surface area contributed by atoms with Crippen LogP contribution in [0.15, 0.2) is 6.33 Å². The van der Waals surface area contributed by atoms with Gasteiger partial charge in [-0.3, -0.25) is 0 Å². The van der Waals surface area contributed by atoms with E-state index in [1.807, 2.05) is 0 Å². The first-order chi connectivity index (χ1) is 8.81. The molecule has 0 aromatic carbocycles. The largest absolute Gasteiger partial charge is 0.355 e. The van der Waals surface area contributed by atoms with E-state index in [4.69, 9.17) is 5.73 Å². The van der Waals surface area contributed by atoms with Gasteiger partial charge in [-0.25, -0.2) is 9.97 Å². The topological polar surface area (TPSA) is 55.0 Å². The summed E-state index contributed by atoms with van der Waals surface area (Å²) in [4.78, 5) is 11.3. The molecule has 3 rings (SSSR count). The highest BCUT2D eigenvalue weighted by molar-refractivity contribution is 5.50. The van der Waals surface area contributed by atoms with Crippen LogP contribution in [0.25, 0.3) is 0 Å². The zero-order valence-electron chi connectivity index (χ0n) is 11.1. The van der Waals surface area contributed by atoms with Crippen molar-refractivity contribution >= 4 is 5.82 Å². The molecule has 0 spiro atoms. The third-order valence-electron chi connectivity index (χ3n) is 4.34. The second-order valence-corrected chi connectivity index (χ2v) is 5.58. The maximum Gasteiger partial charge on any atom is 0.135 e. The van der Waals surface area contributed by atoms with Gasteiger partial charge in [0.2, 0.25) is 0 Å². The monoisotopic (exact) mass is 246 g/mol. The van der Waals surface area contributed by atoms with Gasteiger partial charge in [-0.2, -0.15) is 0 Å². The zero-order valence-corrected chi connectivity index (χ0v) is 11.1. The molecule has 1 unspecified atom stereocenters. The SMILES string of the molecule is CN(c1ncnc2c1CCCC2)C(CN)C1CC1. The van der Waals surface area contributed by atoms with E-state index < -0.39 is 0 Å². The number of hydrogen-bond acceptors (Lipinski definition) is 4. The summed E-state index contributed by atoms with van der Waals surface area (Å²) in [6.07, 6.45) is 9.11. The molecule has 0 radical (unpaired) electrons. The molecule has 1 heterocycles. The van der Waals surface area contributed by atoms with E-state index in [0.717, 1.165) is 31.1 Å². The molecule has 2 aliphatic carbocycles. The molecule has 1 fully saturated rings. The van der Waals surface area contributed by atoms with E-state index in [9.17, 15) is 0 Å². The number of likely N-dealkylation sites (N-methyl/N-ethyl adjacent to an activating group) is 1. The predicted molar refractivity (Wildman–Crippen MR) is 72.6 cm³/mol. The van der Waals surface area contributed by atoms with E-state index in [2.05, 4.69) is 21.9 Å². The van der Waals surface area contributed by atoms with Crippen LogP contribution in [0.4, 0.5) is 5.82 Å². The van der Waals surface area contributed by atoms with Gasteiger partial charge in [0.25, 0.3) is 0 Å². The van der Waals surface area contributed by atoms with Crippen molar-refractivity contribution in [2.45, 2.75) is 44.6 Å². The van der Waals surface area contributed by atoms with Crippen molar-refractivity contribution in [3.63, 3.8) is 0 Å². The lowest BCUT2D eigenvalue weighted by Crippen LogP contribution is -2.41. The van der Waals surface area contributed by atoms with Crippen LogP contribution in [0.5, 0.6) is 0 Å². The normalized spacial score (nSPS) is 20.3. The van der Waals surface area contributed by atoms with Gasteiger partial charge in [0.1, 0.15) is 12.1 Å². The Balaban J connectivity index is 1.90. The van der Waals surface area contributed by atoms with Gasteiger partial charge in [-0.15, -0.1) is 0 Å². The van der Waals surface area contributed by atoms with Gasteiger partial charge < -0.3 is 10.6 Å². The first-order valence-electron chi connectivity index (χ1n) is 7.07. The summed E-state index contributed by atoms with van der Waals surface area (Å²) in [5.74, 6) is 1.90. The standard InChI is InChI=1S/C14H22N4/c1-18(13(8-15)10-6-7-10)14-11-4-2-3-5-12(11)16-9-17-14/h9-10,13H,2-8,15H2,1H3. The van der Waals surface area contributed by atoms with Crippen LogP contribution in [0.1, 0.15) is 36.9 Å². The Morgan fingerprint density at radius 2 is 2.11 bits per heavy atom. The van der Waals surface area contributed by atoms with Gasteiger partial charge >= 0.3 is 0 Å². The highest BCUT2D eigenvalue weighted by Gasteiger charge is 2.34. The smallest absolute Gasteiger partial charge is 0.135 e. The van der Waals surface area contributed by atoms with Crippen LogP contribution in [0.3, 0.4) is 0 Å². The lowest BCUT2D eigenvalue weighted by molar-refractivity contribution is 0.559. The molecule has 1 saturated carbocycles. The van der Waals surface area contributed by atoms with Crippen LogP contribution in [0, 0.1) is 5.92 Å². The minimum Gasteiger partial charge on any atom is -0.355 e. The molecule has 1 aromatic rings. The average Bonchev–Trinajstić information content (AvgIpc) is 3.23. The van der Waals surface area contributed by atoms with E-state index in [1.54, 1.807) is 6.33 Å². The first kappa shape index (κ1) is 11.9. The number of aromatic nitrogens is 2. The van der Waals surface area contributed by atoms with Gasteiger partial charge in [-0.1, -0.05) is 0 Å². The van der Waals surface area contributed by atoms with E-state index in [0.29, 0.717) is 6.04 Å². The van der Waals surface area contributed by atoms with Crippen molar-refractivity contribution in [3.05, 3.63) is 17.6 Å². The molecule has 0 bridgehead atoms. The molecule has 98 valence electrons. The van der Waals surface area contributed by atoms with E-state index in [1.165, 1.54) is 36.9 Å². The van der Waals surface area contributed by atoms with Crippen molar-refractivity contribution in [2.24, 2.45) is 11.7 Å². The van der Waals surface area contributed by atoms with E-state index in [-0.39, 0.29) is 0 Å². The number of nitrogens with two attached hydrogens (primary N) is 1. The number of hydrogen-bond donors (Lipinski definition) is 1. The second-order valence-electron chi connectivity index (χ2n) is 5.58. The molecule has 0 amide bonds. The van der Waals surface area contributed by atoms with Crippen molar-refractivity contribution in [3.8, 4) is 0 Å². The fraction of sp³-hybridized carbons (Fsp3) is 0.714. The molecule has 2 N–H and O–H groups in total. The third-order valence-corrected chi connectivity index (χ3v) is 4.34. The summed E-state index contributed by atoms with van der Waals surface area (Å²) < 4.78 is 0. The van der Waals surface area contributed by atoms with Gasteiger partial charge in [-0.05, 0) is 44.4 Å². The first-order valence-corrected chi connectivity index (χ1v) is 7.07. The van der Waals surface area contributed by atoms with E-state index >= 15 is 0 Å². The summed E-state index contributed by atoms with van der Waals surface area (Å²) >= 11 is 0. The Hall–Kier alpha value is -1.16. The molecule has 4 heteroatoms. The Labute approximate surface area is 109 Å². The molecule has 4 nitrogen and oxygen atoms in total. The minimum absolute atomic E-state index is 0.450. The highest BCUT2D eigenvalue weighted by Crippen LogP contribution is 2.37. The van der Waals surface area contributed by atoms with Crippen LogP contribution >= 0.6 is 0 Å². The van der Waals surface area contributed by atoms with Crippen molar-refractivity contribution in [2.75, 3.05) is 18.5 Å². The van der Waals surface area contributed by atoms with Crippen molar-refractivity contribution < 1.29 is 0 Å². The molecule has 2 aliphatic rings. The fourth-order valence-corrected chi connectivity index (χ4v) is 3.11. The highest BCUT2D eigenvalue weighted by atomic mass is 15.2. The molecule has 1 aromatic heterocycles. The predicted octanol–water partition coefficient (Wildman–Crippen LogP) is 1.53. The molecule has 1 atom stereocenters. The Morgan fingerprint density at radius 3 is 2.83 bits per heavy atom. The quantitative estimate of drug-likeness (QED) is 0.875. The molecular formula is C14H22N4. The van der Waals surface area contributed by atoms with Gasteiger partial charge in [0, 0.05) is 30.9 Å². The van der Waals surface area contributed by atoms with Crippen molar-refractivity contribution in [1.29, 1.82) is 0 Å². The lowest BCUT2D eigenvalue weighted by Gasteiger charge is -2.31. The van der Waals surface area contributed by atoms with Gasteiger partial charge in [0.05, 0.1) is 0 Å². The van der Waals surface area contributed by atoms with Crippen LogP contribution in [-0.2, 0) is 12.8 Å². The fourth-order valence-electron chi connectivity index (χ4n) is 3.11. The lowest BCUT2D eigenvalue weighted by atomic mass is 9.96. The van der Waals surface area contributed by atoms with Crippen LogP contribution in [-0.4, -0.2) is 29.6 Å². The third kappa shape index (κ3) is 2.09.